The van der Waals surface area contributed by atoms with E-state index >= 15 is 0 Å². The van der Waals surface area contributed by atoms with Crippen molar-refractivity contribution >= 4 is 38.4 Å². The minimum atomic E-state index is -3.04. The first-order chi connectivity index (χ1) is 12.3. The number of aliphatic imine (C=N–C) groups is 1. The smallest absolute Gasteiger partial charge is 0.248 e. The molecule has 26 heavy (non-hydrogen) atoms. The zero-order valence-corrected chi connectivity index (χ0v) is 17.1. The fourth-order valence-electron chi connectivity index (χ4n) is 3.38. The van der Waals surface area contributed by atoms with Crippen LogP contribution in [0.5, 0.6) is 0 Å². The first-order valence-corrected chi connectivity index (χ1v) is 11.9. The third kappa shape index (κ3) is 4.14. The molecule has 0 radical (unpaired) electrons. The molecule has 142 valence electrons. The molecule has 0 aromatic heterocycles. The minimum absolute atomic E-state index is 0.0532. The van der Waals surface area contributed by atoms with Crippen molar-refractivity contribution < 1.29 is 13.2 Å². The number of hydrogen-bond acceptors (Lipinski definition) is 4. The fourth-order valence-corrected chi connectivity index (χ4v) is 7.31. The van der Waals surface area contributed by atoms with Gasteiger partial charge in [-0.15, -0.1) is 0 Å². The number of nitrogens with zero attached hydrogens (tertiary/aromatic N) is 2. The van der Waals surface area contributed by atoms with Gasteiger partial charge in [0.1, 0.15) is 0 Å². The highest BCUT2D eigenvalue weighted by Gasteiger charge is 2.49. The average Bonchev–Trinajstić information content (AvgIpc) is 3.03. The highest BCUT2D eigenvalue weighted by molar-refractivity contribution is 8.16. The van der Waals surface area contributed by atoms with E-state index < -0.39 is 9.84 Å². The van der Waals surface area contributed by atoms with Crippen LogP contribution < -0.4 is 4.90 Å². The molecule has 0 saturated carbocycles. The van der Waals surface area contributed by atoms with Crippen molar-refractivity contribution in [3.63, 3.8) is 0 Å². The van der Waals surface area contributed by atoms with Gasteiger partial charge in [-0.05, 0) is 30.0 Å². The third-order valence-electron chi connectivity index (χ3n) is 4.87. The SMILES string of the molecule is CCCCC(=O)N=C1S[C@H]2CS(=O)(=O)C[C@H]2N1c1ccc(C(C)C)cc1. The number of thioether (sulfide) groups is 1. The molecule has 0 N–H and O–H groups in total. The van der Waals surface area contributed by atoms with Crippen molar-refractivity contribution in [3.8, 4) is 0 Å². The number of sulfone groups is 1. The molecule has 0 bridgehead atoms. The summed E-state index contributed by atoms with van der Waals surface area (Å²) in [7, 11) is -3.04. The van der Waals surface area contributed by atoms with E-state index in [-0.39, 0.29) is 28.7 Å². The highest BCUT2D eigenvalue weighted by Crippen LogP contribution is 2.41. The van der Waals surface area contributed by atoms with Crippen LogP contribution in [-0.4, -0.2) is 42.3 Å². The van der Waals surface area contributed by atoms with Crippen LogP contribution in [0.1, 0.15) is 51.5 Å². The Bertz CT molecular complexity index is 801. The molecule has 3 rings (SSSR count). The molecule has 7 heteroatoms. The maximum atomic E-state index is 12.2. The molecule has 1 aromatic carbocycles. The summed E-state index contributed by atoms with van der Waals surface area (Å²) in [6.45, 7) is 6.32. The quantitative estimate of drug-likeness (QED) is 0.763. The monoisotopic (exact) mass is 394 g/mol. The van der Waals surface area contributed by atoms with E-state index in [0.29, 0.717) is 17.5 Å². The number of amides is 1. The van der Waals surface area contributed by atoms with Gasteiger partial charge >= 0.3 is 0 Å². The number of rotatable bonds is 5. The molecule has 1 aromatic rings. The number of unbranched alkanes of at least 4 members (excludes halogenated alkanes) is 1. The summed E-state index contributed by atoms with van der Waals surface area (Å²) in [5, 5.41) is 0.593. The van der Waals surface area contributed by atoms with Crippen molar-refractivity contribution in [2.45, 2.75) is 57.2 Å². The summed E-state index contributed by atoms with van der Waals surface area (Å²) in [5.41, 5.74) is 2.14. The lowest BCUT2D eigenvalue weighted by Gasteiger charge is -2.25. The van der Waals surface area contributed by atoms with Crippen molar-refractivity contribution in [3.05, 3.63) is 29.8 Å². The van der Waals surface area contributed by atoms with Gasteiger partial charge in [0.15, 0.2) is 15.0 Å². The van der Waals surface area contributed by atoms with E-state index in [2.05, 4.69) is 31.0 Å². The van der Waals surface area contributed by atoms with E-state index in [0.717, 1.165) is 18.5 Å². The predicted molar refractivity (Wildman–Crippen MR) is 109 cm³/mol. The molecule has 2 fully saturated rings. The number of anilines is 1. The van der Waals surface area contributed by atoms with Gasteiger partial charge in [-0.2, -0.15) is 4.99 Å². The van der Waals surface area contributed by atoms with Gasteiger partial charge in [0, 0.05) is 17.4 Å². The number of fused-ring (bicyclic) bond motifs is 1. The predicted octanol–water partition coefficient (Wildman–Crippen LogP) is 3.60. The standard InChI is InChI=1S/C19H26N2O3S2/c1-4-5-6-18(22)20-19-21(15-9-7-14(8-10-15)13(2)3)16-11-26(23,24)12-17(16)25-19/h7-10,13,16-17H,4-6,11-12H2,1-3H3/t16-,17+/m1/s1. The molecule has 0 aliphatic carbocycles. The second-order valence-electron chi connectivity index (χ2n) is 7.31. The van der Waals surface area contributed by atoms with Crippen molar-refractivity contribution in [2.75, 3.05) is 16.4 Å². The molecule has 2 aliphatic rings. The van der Waals surface area contributed by atoms with Gasteiger partial charge in [0.25, 0.3) is 0 Å². The molecule has 5 nitrogen and oxygen atoms in total. The lowest BCUT2D eigenvalue weighted by Crippen LogP contribution is -2.37. The van der Waals surface area contributed by atoms with Gasteiger partial charge in [-0.25, -0.2) is 8.42 Å². The number of hydrogen-bond donors (Lipinski definition) is 0. The zero-order chi connectivity index (χ0) is 18.9. The maximum Gasteiger partial charge on any atom is 0.248 e. The summed E-state index contributed by atoms with van der Waals surface area (Å²) in [6.07, 6.45) is 2.21. The number of benzene rings is 1. The van der Waals surface area contributed by atoms with Crippen LogP contribution in [0, 0.1) is 0 Å². The Kier molecular flexibility index (Phi) is 5.77. The largest absolute Gasteiger partial charge is 0.316 e. The van der Waals surface area contributed by atoms with Crippen molar-refractivity contribution in [2.24, 2.45) is 4.99 Å². The van der Waals surface area contributed by atoms with Crippen LogP contribution >= 0.6 is 11.8 Å². The Hall–Kier alpha value is -1.34. The van der Waals surface area contributed by atoms with Crippen LogP contribution in [-0.2, 0) is 14.6 Å². The second kappa shape index (κ2) is 7.72. The molecular weight excluding hydrogens is 368 g/mol. The van der Waals surface area contributed by atoms with Gasteiger partial charge in [0.2, 0.25) is 5.91 Å². The Morgan fingerprint density at radius 1 is 1.27 bits per heavy atom. The topological polar surface area (TPSA) is 66.8 Å². The summed E-state index contributed by atoms with van der Waals surface area (Å²) in [4.78, 5) is 18.5. The van der Waals surface area contributed by atoms with Crippen LogP contribution in [0.15, 0.2) is 29.3 Å². The average molecular weight is 395 g/mol. The van der Waals surface area contributed by atoms with Gasteiger partial charge in [0.05, 0.1) is 17.5 Å². The van der Waals surface area contributed by atoms with Gasteiger partial charge in [-0.1, -0.05) is 51.1 Å². The van der Waals surface area contributed by atoms with E-state index in [4.69, 9.17) is 0 Å². The van der Waals surface area contributed by atoms with E-state index in [1.165, 1.54) is 17.3 Å². The van der Waals surface area contributed by atoms with Crippen LogP contribution in [0.2, 0.25) is 0 Å². The normalized spacial score (nSPS) is 25.8. The zero-order valence-electron chi connectivity index (χ0n) is 15.5. The van der Waals surface area contributed by atoms with E-state index in [1.807, 2.05) is 24.0 Å². The molecule has 2 atom stereocenters. The van der Waals surface area contributed by atoms with Crippen LogP contribution in [0.4, 0.5) is 5.69 Å². The summed E-state index contributed by atoms with van der Waals surface area (Å²) >= 11 is 1.43. The lowest BCUT2D eigenvalue weighted by molar-refractivity contribution is -0.117. The Labute approximate surface area is 160 Å². The molecule has 0 spiro atoms. The lowest BCUT2D eigenvalue weighted by atomic mass is 10.0. The molecule has 2 aliphatic heterocycles. The first kappa shape index (κ1) is 19.4. The maximum absolute atomic E-state index is 12.2. The summed E-state index contributed by atoms with van der Waals surface area (Å²) < 4.78 is 24.2. The van der Waals surface area contributed by atoms with E-state index in [9.17, 15) is 13.2 Å². The molecule has 0 unspecified atom stereocenters. The Morgan fingerprint density at radius 2 is 1.96 bits per heavy atom. The molecule has 2 heterocycles. The number of carbonyl (C=O) groups is 1. The van der Waals surface area contributed by atoms with Crippen molar-refractivity contribution in [1.29, 1.82) is 0 Å². The van der Waals surface area contributed by atoms with Crippen LogP contribution in [0.25, 0.3) is 0 Å². The van der Waals surface area contributed by atoms with E-state index in [1.54, 1.807) is 0 Å². The number of carbonyl (C=O) groups excluding carboxylic acids is 1. The Morgan fingerprint density at radius 3 is 2.58 bits per heavy atom. The molecule has 2 saturated heterocycles. The molecular formula is C19H26N2O3S2. The first-order valence-electron chi connectivity index (χ1n) is 9.18. The highest BCUT2D eigenvalue weighted by atomic mass is 32.2. The summed E-state index contributed by atoms with van der Waals surface area (Å²) in [5.74, 6) is 0.588. The van der Waals surface area contributed by atoms with Gasteiger partial charge in [-0.3, -0.25) is 4.79 Å². The molecule has 1 amide bonds. The third-order valence-corrected chi connectivity index (χ3v) is 8.08. The Balaban J connectivity index is 1.92. The number of amidine groups is 1. The van der Waals surface area contributed by atoms with Crippen LogP contribution in [0.3, 0.4) is 0 Å². The summed E-state index contributed by atoms with van der Waals surface area (Å²) in [6, 6.07) is 8.01. The van der Waals surface area contributed by atoms with Crippen molar-refractivity contribution in [1.82, 2.24) is 0 Å². The fraction of sp³-hybridized carbons (Fsp3) is 0.579. The second-order valence-corrected chi connectivity index (χ2v) is 10.7. The van der Waals surface area contributed by atoms with Gasteiger partial charge < -0.3 is 4.90 Å². The minimum Gasteiger partial charge on any atom is -0.316 e.